The van der Waals surface area contributed by atoms with Crippen LogP contribution in [0.4, 0.5) is 0 Å². The van der Waals surface area contributed by atoms with Crippen LogP contribution in [0.25, 0.3) is 0 Å². The Labute approximate surface area is 234 Å². The van der Waals surface area contributed by atoms with E-state index in [2.05, 4.69) is 20.9 Å². The largest absolute Gasteiger partial charge is 0.384 e. The van der Waals surface area contributed by atoms with Crippen molar-refractivity contribution in [3.63, 3.8) is 0 Å². The molecule has 40 heavy (non-hydrogen) atoms. The number of carbonyl (C=O) groups is 4. The molecule has 13 nitrogen and oxygen atoms in total. The predicted octanol–water partition coefficient (Wildman–Crippen LogP) is -0.646. The van der Waals surface area contributed by atoms with Gasteiger partial charge < -0.3 is 38.9 Å². The van der Waals surface area contributed by atoms with Crippen molar-refractivity contribution in [1.29, 1.82) is 5.41 Å². The number of hydrogen-bond donors (Lipinski definition) is 8. The van der Waals surface area contributed by atoms with E-state index in [1.165, 1.54) is 7.05 Å². The molecule has 12 N–H and O–H groups in total. The van der Waals surface area contributed by atoms with Gasteiger partial charge in [0.1, 0.15) is 23.8 Å². The number of nitrogen functional groups attached to an aromatic ring is 1. The number of nitrogens with one attached hydrogen (secondary N) is 4. The zero-order valence-electron chi connectivity index (χ0n) is 23.1. The van der Waals surface area contributed by atoms with Crippen molar-refractivity contribution in [3.8, 4) is 0 Å². The first-order chi connectivity index (χ1) is 19.0. The summed E-state index contributed by atoms with van der Waals surface area (Å²) >= 11 is 0. The first-order valence-electron chi connectivity index (χ1n) is 13.6. The van der Waals surface area contributed by atoms with Crippen molar-refractivity contribution in [2.75, 3.05) is 13.6 Å². The number of benzene rings is 1. The Morgan fingerprint density at radius 3 is 2.10 bits per heavy atom. The highest BCUT2D eigenvalue weighted by molar-refractivity contribution is 6.02. The monoisotopic (exact) mass is 557 g/mol. The van der Waals surface area contributed by atoms with Gasteiger partial charge in [-0.3, -0.25) is 29.6 Å². The molecule has 4 amide bonds. The topological polar surface area (TPSA) is 245 Å². The molecule has 1 aromatic carbocycles. The molecule has 2 unspecified atom stereocenters. The van der Waals surface area contributed by atoms with E-state index in [-0.39, 0.29) is 37.1 Å². The second kappa shape index (κ2) is 16.1. The summed E-state index contributed by atoms with van der Waals surface area (Å²) in [5.41, 5.74) is 22.9. The molecule has 1 aliphatic carbocycles. The Kier molecular flexibility index (Phi) is 12.9. The molecular weight excluding hydrogens is 514 g/mol. The van der Waals surface area contributed by atoms with Crippen LogP contribution in [-0.4, -0.2) is 61.1 Å². The molecule has 0 heterocycles. The van der Waals surface area contributed by atoms with Gasteiger partial charge in [0.15, 0.2) is 5.96 Å². The fourth-order valence-corrected chi connectivity index (χ4v) is 4.86. The molecule has 0 aliphatic heterocycles. The van der Waals surface area contributed by atoms with E-state index in [9.17, 15) is 19.2 Å². The fourth-order valence-electron chi connectivity index (χ4n) is 4.86. The minimum atomic E-state index is -1.11. The molecule has 220 valence electrons. The fraction of sp³-hybridized carbons (Fsp3) is 0.556. The molecule has 1 fully saturated rings. The zero-order valence-corrected chi connectivity index (χ0v) is 23.1. The number of nitrogens with zero attached hydrogens (tertiary/aromatic N) is 1. The smallest absolute Gasteiger partial charge is 0.243 e. The van der Waals surface area contributed by atoms with Gasteiger partial charge >= 0.3 is 0 Å². The van der Waals surface area contributed by atoms with Gasteiger partial charge in [0.05, 0.1) is 0 Å². The molecule has 1 aliphatic rings. The minimum absolute atomic E-state index is 0.0737. The molecule has 2 rings (SSSR count). The lowest BCUT2D eigenvalue weighted by atomic mass is 9.84. The Morgan fingerprint density at radius 1 is 0.925 bits per heavy atom. The second-order valence-electron chi connectivity index (χ2n) is 10.2. The number of carbonyl (C=O) groups excluding carboxylic acids is 4. The van der Waals surface area contributed by atoms with Gasteiger partial charge in [0, 0.05) is 19.2 Å². The number of guanidine groups is 1. The Hall–Kier alpha value is -4.16. The van der Waals surface area contributed by atoms with Crippen LogP contribution in [0.5, 0.6) is 0 Å². The first kappa shape index (κ1) is 32.1. The summed E-state index contributed by atoms with van der Waals surface area (Å²) in [4.78, 5) is 55.5. The number of rotatable bonds is 15. The van der Waals surface area contributed by atoms with Crippen LogP contribution in [0, 0.1) is 17.2 Å². The van der Waals surface area contributed by atoms with Crippen molar-refractivity contribution in [2.45, 2.75) is 69.9 Å². The number of amides is 4. The Morgan fingerprint density at radius 2 is 1.55 bits per heavy atom. The average Bonchev–Trinajstić information content (AvgIpc) is 2.92. The maximum Gasteiger partial charge on any atom is 0.243 e. The molecule has 3 atom stereocenters. The molecule has 0 aromatic heterocycles. The third-order valence-electron chi connectivity index (χ3n) is 7.12. The summed E-state index contributed by atoms with van der Waals surface area (Å²) in [6.07, 6.45) is 6.15. The maximum absolute atomic E-state index is 13.4. The number of primary amides is 1. The number of amidine groups is 1. The van der Waals surface area contributed by atoms with E-state index < -0.39 is 41.6 Å². The van der Waals surface area contributed by atoms with E-state index in [0.29, 0.717) is 24.0 Å². The van der Waals surface area contributed by atoms with Crippen LogP contribution in [0.15, 0.2) is 29.3 Å². The van der Waals surface area contributed by atoms with Gasteiger partial charge in [-0.25, -0.2) is 0 Å². The molecule has 1 aromatic rings. The van der Waals surface area contributed by atoms with E-state index >= 15 is 0 Å². The summed E-state index contributed by atoms with van der Waals surface area (Å²) < 4.78 is 0. The van der Waals surface area contributed by atoms with Crippen LogP contribution in [0.1, 0.15) is 62.5 Å². The number of hydrogen-bond acceptors (Lipinski definition) is 6. The van der Waals surface area contributed by atoms with Crippen LogP contribution in [0.2, 0.25) is 0 Å². The highest BCUT2D eigenvalue weighted by atomic mass is 16.2. The second-order valence-corrected chi connectivity index (χ2v) is 10.2. The first-order valence-corrected chi connectivity index (χ1v) is 13.6. The summed E-state index contributed by atoms with van der Waals surface area (Å²) in [5.74, 6) is -3.40. The van der Waals surface area contributed by atoms with Crippen LogP contribution >= 0.6 is 0 Å². The van der Waals surface area contributed by atoms with Gasteiger partial charge in [-0.1, -0.05) is 56.4 Å². The molecule has 1 saturated carbocycles. The van der Waals surface area contributed by atoms with Crippen molar-refractivity contribution in [3.05, 3.63) is 35.4 Å². The van der Waals surface area contributed by atoms with Gasteiger partial charge in [0.2, 0.25) is 23.6 Å². The molecule has 13 heteroatoms. The van der Waals surface area contributed by atoms with Crippen molar-refractivity contribution in [1.82, 2.24) is 16.0 Å². The zero-order chi connectivity index (χ0) is 29.7. The van der Waals surface area contributed by atoms with Gasteiger partial charge in [-0.15, -0.1) is 0 Å². The third kappa shape index (κ3) is 10.5. The van der Waals surface area contributed by atoms with Crippen molar-refractivity contribution in [2.24, 2.45) is 39.8 Å². The molecule has 0 spiro atoms. The normalized spacial score (nSPS) is 15.6. The Balaban J connectivity index is 2.20. The molecule has 0 bridgehead atoms. The van der Waals surface area contributed by atoms with Gasteiger partial charge in [0.25, 0.3) is 0 Å². The van der Waals surface area contributed by atoms with Crippen LogP contribution < -0.4 is 38.9 Å². The quantitative estimate of drug-likeness (QED) is 0.0599. The molecule has 0 saturated heterocycles. The minimum Gasteiger partial charge on any atom is -0.384 e. The standard InChI is InChI=1S/C27H43N9O4/c1-33-24(38)19(14-17-9-11-18(12-10-17)22(28)29)25(39)36-21(15-16-6-3-2-4-7-16)26(40)35-20(23(30)37)8-5-13-34-27(31)32/h9-12,16,19-21H,2-8,13-15H2,1H3,(H3,28,29)(H2,30,37)(H,33,38)(H,35,40)(H,36,39)(H4,31,32,34)/t19?,20-,21?/m0/s1. The highest BCUT2D eigenvalue weighted by Gasteiger charge is 2.33. The molecule has 0 radical (unpaired) electrons. The number of aliphatic imine (C=N–C) groups is 1. The summed E-state index contributed by atoms with van der Waals surface area (Å²) in [6.45, 7) is 0.269. The lowest BCUT2D eigenvalue weighted by molar-refractivity contribution is -0.138. The van der Waals surface area contributed by atoms with E-state index in [4.69, 9.17) is 28.3 Å². The van der Waals surface area contributed by atoms with Crippen LogP contribution in [-0.2, 0) is 25.6 Å². The Bertz CT molecular complexity index is 1060. The average molecular weight is 558 g/mol. The number of nitrogens with two attached hydrogens (primary N) is 4. The van der Waals surface area contributed by atoms with Crippen LogP contribution in [0.3, 0.4) is 0 Å². The lowest BCUT2D eigenvalue weighted by Crippen LogP contribution is -2.55. The summed E-state index contributed by atoms with van der Waals surface area (Å²) in [5, 5.41) is 15.5. The molecular formula is C27H43N9O4. The summed E-state index contributed by atoms with van der Waals surface area (Å²) in [6, 6.07) is 4.77. The summed E-state index contributed by atoms with van der Waals surface area (Å²) in [7, 11) is 1.44. The van der Waals surface area contributed by atoms with Gasteiger partial charge in [-0.2, -0.15) is 0 Å². The SMILES string of the molecule is CNC(=O)C(Cc1ccc(C(=N)N)cc1)C(=O)NC(CC1CCCCC1)C(=O)N[C@@H](CCCN=C(N)N)C(N)=O. The van der Waals surface area contributed by atoms with E-state index in [1.807, 2.05) is 0 Å². The maximum atomic E-state index is 13.4. The third-order valence-corrected chi connectivity index (χ3v) is 7.12. The van der Waals surface area contributed by atoms with Crippen molar-refractivity contribution >= 4 is 35.4 Å². The van der Waals surface area contributed by atoms with E-state index in [0.717, 1.165) is 32.1 Å². The lowest BCUT2D eigenvalue weighted by Gasteiger charge is -2.28. The van der Waals surface area contributed by atoms with Crippen molar-refractivity contribution < 1.29 is 19.2 Å². The van der Waals surface area contributed by atoms with Gasteiger partial charge in [-0.05, 0) is 37.2 Å². The highest BCUT2D eigenvalue weighted by Crippen LogP contribution is 2.27. The van der Waals surface area contributed by atoms with E-state index in [1.54, 1.807) is 24.3 Å². The predicted molar refractivity (Wildman–Crippen MR) is 153 cm³/mol.